The second-order valence-electron chi connectivity index (χ2n) is 6.46. The van der Waals surface area contributed by atoms with E-state index in [2.05, 4.69) is 40.3 Å². The van der Waals surface area contributed by atoms with Crippen LogP contribution in [0.2, 0.25) is 0 Å². The van der Waals surface area contributed by atoms with Crippen LogP contribution in [0.15, 0.2) is 12.7 Å². The van der Waals surface area contributed by atoms with Crippen LogP contribution < -0.4 is 5.73 Å². The molecule has 1 saturated carbocycles. The van der Waals surface area contributed by atoms with Gasteiger partial charge in [0.15, 0.2) is 0 Å². The highest BCUT2D eigenvalue weighted by atomic mass is 16.5. The Kier molecular flexibility index (Phi) is 4.79. The lowest BCUT2D eigenvalue weighted by molar-refractivity contribution is -0.0524. The zero-order valence-electron chi connectivity index (χ0n) is 12.1. The van der Waals surface area contributed by atoms with Gasteiger partial charge in [-0.1, -0.05) is 33.8 Å². The highest BCUT2D eigenvalue weighted by Crippen LogP contribution is 2.44. The van der Waals surface area contributed by atoms with Gasteiger partial charge in [0.25, 0.3) is 0 Å². The molecule has 0 aromatic carbocycles. The maximum atomic E-state index is 6.49. The first-order valence-electron chi connectivity index (χ1n) is 6.77. The molecule has 0 amide bonds. The molecular formula is C15H29NO. The highest BCUT2D eigenvalue weighted by molar-refractivity contribution is 5.02. The van der Waals surface area contributed by atoms with Gasteiger partial charge in [0.2, 0.25) is 0 Å². The minimum Gasteiger partial charge on any atom is -0.380 e. The molecule has 17 heavy (non-hydrogen) atoms. The van der Waals surface area contributed by atoms with Crippen LogP contribution in [0, 0.1) is 23.2 Å². The van der Waals surface area contributed by atoms with E-state index in [0.29, 0.717) is 17.8 Å². The van der Waals surface area contributed by atoms with Crippen LogP contribution >= 0.6 is 0 Å². The van der Waals surface area contributed by atoms with E-state index in [1.54, 1.807) is 7.11 Å². The monoisotopic (exact) mass is 239 g/mol. The number of ether oxygens (including phenoxy) is 1. The number of rotatable bonds is 3. The van der Waals surface area contributed by atoms with Crippen molar-refractivity contribution in [3.8, 4) is 0 Å². The summed E-state index contributed by atoms with van der Waals surface area (Å²) in [6, 6.07) is 0.237. The Morgan fingerprint density at radius 2 is 2.00 bits per heavy atom. The minimum atomic E-state index is 0.237. The Morgan fingerprint density at radius 3 is 2.35 bits per heavy atom. The van der Waals surface area contributed by atoms with Crippen molar-refractivity contribution in [3.63, 3.8) is 0 Å². The van der Waals surface area contributed by atoms with Crippen LogP contribution in [0.4, 0.5) is 0 Å². The quantitative estimate of drug-likeness (QED) is 0.767. The number of hydrogen-bond donors (Lipinski definition) is 1. The SMILES string of the molecule is C=CC1CC(C(C)(C)C)C(N)C(CC)C1OC. The standard InChI is InChI=1S/C15H29NO/c1-7-10-9-12(15(3,4)5)13(16)11(8-2)14(10)17-6/h7,10-14H,1,8-9,16H2,2-6H3. The summed E-state index contributed by atoms with van der Waals surface area (Å²) in [6.07, 6.45) is 4.48. The predicted molar refractivity (Wildman–Crippen MR) is 73.8 cm³/mol. The van der Waals surface area contributed by atoms with Crippen molar-refractivity contribution in [2.75, 3.05) is 7.11 Å². The van der Waals surface area contributed by atoms with E-state index in [0.717, 1.165) is 12.8 Å². The van der Waals surface area contributed by atoms with Crippen molar-refractivity contribution >= 4 is 0 Å². The lowest BCUT2D eigenvalue weighted by atomic mass is 9.61. The molecule has 5 unspecified atom stereocenters. The van der Waals surface area contributed by atoms with Gasteiger partial charge in [0.05, 0.1) is 6.10 Å². The molecule has 2 N–H and O–H groups in total. The molecule has 0 bridgehead atoms. The van der Waals surface area contributed by atoms with E-state index in [4.69, 9.17) is 10.5 Å². The predicted octanol–water partition coefficient (Wildman–Crippen LogP) is 3.22. The van der Waals surface area contributed by atoms with Crippen molar-refractivity contribution in [2.45, 2.75) is 52.7 Å². The second kappa shape index (κ2) is 5.53. The fourth-order valence-corrected chi connectivity index (χ4v) is 3.43. The minimum absolute atomic E-state index is 0.237. The van der Waals surface area contributed by atoms with Gasteiger partial charge in [0, 0.05) is 25.0 Å². The first kappa shape index (κ1) is 14.7. The molecule has 1 aliphatic carbocycles. The zero-order valence-corrected chi connectivity index (χ0v) is 12.1. The van der Waals surface area contributed by atoms with Gasteiger partial charge in [-0.2, -0.15) is 0 Å². The molecular weight excluding hydrogens is 210 g/mol. The third-order valence-electron chi connectivity index (χ3n) is 4.49. The van der Waals surface area contributed by atoms with Crippen LogP contribution in [-0.4, -0.2) is 19.3 Å². The smallest absolute Gasteiger partial charge is 0.0676 e. The van der Waals surface area contributed by atoms with Crippen molar-refractivity contribution in [1.82, 2.24) is 0 Å². The van der Waals surface area contributed by atoms with Crippen molar-refractivity contribution in [3.05, 3.63) is 12.7 Å². The van der Waals surface area contributed by atoms with Crippen molar-refractivity contribution in [2.24, 2.45) is 28.9 Å². The van der Waals surface area contributed by atoms with E-state index in [1.807, 2.05) is 0 Å². The Bertz CT molecular complexity index is 256. The summed E-state index contributed by atoms with van der Waals surface area (Å²) in [7, 11) is 1.80. The molecule has 5 atom stereocenters. The van der Waals surface area contributed by atoms with Crippen LogP contribution in [0.25, 0.3) is 0 Å². The number of methoxy groups -OCH3 is 1. The molecule has 0 heterocycles. The first-order chi connectivity index (χ1) is 7.86. The number of hydrogen-bond acceptors (Lipinski definition) is 2. The summed E-state index contributed by atoms with van der Waals surface area (Å²) in [5, 5.41) is 0. The molecule has 2 nitrogen and oxygen atoms in total. The highest BCUT2D eigenvalue weighted by Gasteiger charge is 2.45. The molecule has 0 radical (unpaired) electrons. The Labute approximate surface area is 107 Å². The van der Waals surface area contributed by atoms with Crippen LogP contribution in [0.1, 0.15) is 40.5 Å². The molecule has 0 aromatic rings. The lowest BCUT2D eigenvalue weighted by Crippen LogP contribution is -2.54. The molecule has 2 heteroatoms. The first-order valence-corrected chi connectivity index (χ1v) is 6.77. The summed E-state index contributed by atoms with van der Waals surface area (Å²) in [5.41, 5.74) is 6.75. The molecule has 100 valence electrons. The topological polar surface area (TPSA) is 35.2 Å². The summed E-state index contributed by atoms with van der Waals surface area (Å²) < 4.78 is 5.68. The molecule has 1 aliphatic rings. The molecule has 0 aromatic heterocycles. The van der Waals surface area contributed by atoms with Gasteiger partial charge < -0.3 is 10.5 Å². The van der Waals surface area contributed by atoms with Crippen LogP contribution in [0.5, 0.6) is 0 Å². The fourth-order valence-electron chi connectivity index (χ4n) is 3.43. The maximum absolute atomic E-state index is 6.49. The van der Waals surface area contributed by atoms with E-state index >= 15 is 0 Å². The normalized spacial score (nSPS) is 39.1. The van der Waals surface area contributed by atoms with Gasteiger partial charge in [-0.3, -0.25) is 0 Å². The van der Waals surface area contributed by atoms with E-state index in [1.165, 1.54) is 0 Å². The largest absolute Gasteiger partial charge is 0.380 e. The molecule has 0 aliphatic heterocycles. The van der Waals surface area contributed by atoms with Crippen LogP contribution in [-0.2, 0) is 4.74 Å². The summed E-state index contributed by atoms with van der Waals surface area (Å²) in [5.74, 6) is 1.43. The van der Waals surface area contributed by atoms with Gasteiger partial charge >= 0.3 is 0 Å². The maximum Gasteiger partial charge on any atom is 0.0676 e. The third-order valence-corrected chi connectivity index (χ3v) is 4.49. The Morgan fingerprint density at radius 1 is 1.41 bits per heavy atom. The fraction of sp³-hybridized carbons (Fsp3) is 0.867. The lowest BCUT2D eigenvalue weighted by Gasteiger charge is -2.49. The van der Waals surface area contributed by atoms with E-state index in [9.17, 15) is 0 Å². The summed E-state index contributed by atoms with van der Waals surface area (Å²) in [6.45, 7) is 13.0. The molecule has 1 rings (SSSR count). The number of nitrogens with two attached hydrogens (primary N) is 1. The second-order valence-corrected chi connectivity index (χ2v) is 6.46. The van der Waals surface area contributed by atoms with Crippen molar-refractivity contribution in [1.29, 1.82) is 0 Å². The van der Waals surface area contributed by atoms with E-state index in [-0.39, 0.29) is 17.6 Å². The average molecular weight is 239 g/mol. The molecule has 0 saturated heterocycles. The Balaban J connectivity index is 2.98. The van der Waals surface area contributed by atoms with Gasteiger partial charge in [-0.25, -0.2) is 0 Å². The van der Waals surface area contributed by atoms with Crippen molar-refractivity contribution < 1.29 is 4.74 Å². The zero-order chi connectivity index (χ0) is 13.2. The van der Waals surface area contributed by atoms with Gasteiger partial charge in [0.1, 0.15) is 0 Å². The van der Waals surface area contributed by atoms with Gasteiger partial charge in [-0.15, -0.1) is 6.58 Å². The van der Waals surface area contributed by atoms with Gasteiger partial charge in [-0.05, 0) is 24.2 Å². The molecule has 0 spiro atoms. The average Bonchev–Trinajstić information content (AvgIpc) is 2.26. The molecule has 1 fully saturated rings. The van der Waals surface area contributed by atoms with Crippen LogP contribution in [0.3, 0.4) is 0 Å². The summed E-state index contributed by atoms with van der Waals surface area (Å²) >= 11 is 0. The summed E-state index contributed by atoms with van der Waals surface area (Å²) in [4.78, 5) is 0. The Hall–Kier alpha value is -0.340. The van der Waals surface area contributed by atoms with E-state index < -0.39 is 0 Å². The third kappa shape index (κ3) is 2.92.